The third kappa shape index (κ3) is 4.31. The van der Waals surface area contributed by atoms with Crippen LogP contribution in [0.3, 0.4) is 0 Å². The van der Waals surface area contributed by atoms with E-state index in [9.17, 15) is 14.4 Å². The Balaban J connectivity index is 1.81. The fourth-order valence-corrected chi connectivity index (χ4v) is 4.31. The molecule has 1 aromatic rings. The Kier molecular flexibility index (Phi) is 6.25. The maximum absolute atomic E-state index is 13.0. The van der Waals surface area contributed by atoms with Crippen molar-refractivity contribution in [1.29, 1.82) is 0 Å². The van der Waals surface area contributed by atoms with Gasteiger partial charge in [-0.3, -0.25) is 4.79 Å². The Morgan fingerprint density at radius 1 is 1.36 bits per heavy atom. The van der Waals surface area contributed by atoms with Crippen LogP contribution in [0.15, 0.2) is 29.7 Å². The zero-order chi connectivity index (χ0) is 20.4. The lowest BCUT2D eigenvalue weighted by molar-refractivity contribution is -0.425. The first-order valence-corrected chi connectivity index (χ1v) is 10.5. The van der Waals surface area contributed by atoms with E-state index in [1.54, 1.807) is 23.6 Å². The first kappa shape index (κ1) is 20.6. The molecule has 2 aliphatic rings. The predicted octanol–water partition coefficient (Wildman–Crippen LogP) is 3.68. The Morgan fingerprint density at radius 3 is 2.79 bits per heavy atom. The van der Waals surface area contributed by atoms with E-state index in [1.807, 2.05) is 26.8 Å². The quantitative estimate of drug-likeness (QED) is 0.713. The van der Waals surface area contributed by atoms with Crippen LogP contribution in [0, 0.1) is 12.8 Å². The minimum atomic E-state index is -0.472. The zero-order valence-electron chi connectivity index (χ0n) is 16.1. The van der Waals surface area contributed by atoms with Crippen molar-refractivity contribution in [1.82, 2.24) is 4.90 Å². The van der Waals surface area contributed by atoms with Crippen LogP contribution in [0.5, 0.6) is 0 Å². The molecule has 0 aliphatic carbocycles. The largest absolute Gasteiger partial charge is 0.501 e. The number of nitrogens with zero attached hydrogens (tertiary/aromatic N) is 2. The lowest BCUT2D eigenvalue weighted by atomic mass is 10.1. The molecule has 0 fully saturated rings. The molecule has 1 unspecified atom stereocenters. The van der Waals surface area contributed by atoms with E-state index in [1.165, 1.54) is 21.2 Å². The van der Waals surface area contributed by atoms with Crippen LogP contribution < -0.4 is 5.32 Å². The molecule has 1 atom stereocenters. The molecule has 0 spiro atoms. The molecule has 8 heteroatoms. The van der Waals surface area contributed by atoms with E-state index in [0.29, 0.717) is 28.9 Å². The molecule has 2 aliphatic heterocycles. The standard InChI is InChI=1S/C20H22ClN3O3S/c1-12(2)6-8-23-19(26)18-16(7-9-28-18)24(20(23)27)11-17(25)22-15-5-4-13(3)10-14(15)21/h4-5,7,9-10,12,18H,6,8,11H2,1-3H3/p+1. The van der Waals surface area contributed by atoms with Gasteiger partial charge in [-0.05, 0) is 48.4 Å². The van der Waals surface area contributed by atoms with Crippen molar-refractivity contribution < 1.29 is 19.0 Å². The molecule has 148 valence electrons. The highest BCUT2D eigenvalue weighted by Gasteiger charge is 2.49. The van der Waals surface area contributed by atoms with Gasteiger partial charge >= 0.3 is 11.9 Å². The molecule has 0 saturated carbocycles. The second kappa shape index (κ2) is 8.49. The Bertz CT molecular complexity index is 895. The van der Waals surface area contributed by atoms with Gasteiger partial charge in [0.2, 0.25) is 0 Å². The number of halogens is 1. The van der Waals surface area contributed by atoms with E-state index in [4.69, 9.17) is 11.6 Å². The van der Waals surface area contributed by atoms with Gasteiger partial charge in [0.05, 0.1) is 17.3 Å². The summed E-state index contributed by atoms with van der Waals surface area (Å²) >= 11 is 7.54. The van der Waals surface area contributed by atoms with Gasteiger partial charge in [-0.2, -0.15) is 14.3 Å². The first-order chi connectivity index (χ1) is 13.3. The second-order valence-corrected chi connectivity index (χ2v) is 8.74. The van der Waals surface area contributed by atoms with E-state index in [0.717, 1.165) is 12.0 Å². The summed E-state index contributed by atoms with van der Waals surface area (Å²) in [5, 5.41) is 4.51. The minimum Gasteiger partial charge on any atom is -0.321 e. The molecular formula is C20H23ClN3O3S+. The van der Waals surface area contributed by atoms with E-state index < -0.39 is 11.3 Å². The van der Waals surface area contributed by atoms with Gasteiger partial charge in [0.1, 0.15) is 5.71 Å². The summed E-state index contributed by atoms with van der Waals surface area (Å²) in [7, 11) is 0. The fourth-order valence-electron chi connectivity index (χ4n) is 3.06. The summed E-state index contributed by atoms with van der Waals surface area (Å²) in [5.74, 6) is -0.219. The number of fused-ring (bicyclic) bond motifs is 1. The highest BCUT2D eigenvalue weighted by Crippen LogP contribution is 2.28. The lowest BCUT2D eigenvalue weighted by Crippen LogP contribution is -2.56. The van der Waals surface area contributed by atoms with Crippen molar-refractivity contribution in [2.24, 2.45) is 5.92 Å². The number of benzene rings is 1. The topological polar surface area (TPSA) is 69.5 Å². The molecular weight excluding hydrogens is 398 g/mol. The summed E-state index contributed by atoms with van der Waals surface area (Å²) in [6.45, 7) is 6.16. The number of nitrogens with one attached hydrogen (secondary N) is 1. The SMILES string of the molecule is Cc1ccc(NC(=O)C[N+]2=C3C=CSC3C(=O)N(CCC(C)C)C2=O)c(Cl)c1. The number of hydrogen-bond acceptors (Lipinski definition) is 4. The highest BCUT2D eigenvalue weighted by atomic mass is 35.5. The number of allylic oxidation sites excluding steroid dienone is 1. The number of anilines is 1. The van der Waals surface area contributed by atoms with Crippen LogP contribution in [0.2, 0.25) is 5.02 Å². The number of thioether (sulfide) groups is 1. The van der Waals surface area contributed by atoms with E-state index >= 15 is 0 Å². The van der Waals surface area contributed by atoms with Gasteiger partial charge < -0.3 is 5.32 Å². The number of rotatable bonds is 6. The monoisotopic (exact) mass is 420 g/mol. The number of carbonyl (C=O) groups excluding carboxylic acids is 3. The molecule has 28 heavy (non-hydrogen) atoms. The third-order valence-corrected chi connectivity index (χ3v) is 5.94. The molecule has 1 N–H and O–H groups in total. The number of amides is 4. The molecule has 0 aromatic heterocycles. The summed E-state index contributed by atoms with van der Waals surface area (Å²) in [6, 6.07) is 4.89. The van der Waals surface area contributed by atoms with Gasteiger partial charge in [-0.25, -0.2) is 4.79 Å². The van der Waals surface area contributed by atoms with Crippen LogP contribution in [-0.4, -0.2) is 51.4 Å². The first-order valence-electron chi connectivity index (χ1n) is 9.15. The van der Waals surface area contributed by atoms with Crippen LogP contribution in [0.25, 0.3) is 0 Å². The number of carbonyl (C=O) groups is 3. The molecule has 0 bridgehead atoms. The smallest absolute Gasteiger partial charge is 0.321 e. The van der Waals surface area contributed by atoms with Crippen molar-refractivity contribution in [3.63, 3.8) is 0 Å². The number of aryl methyl sites for hydroxylation is 1. The maximum atomic E-state index is 13.0. The fraction of sp³-hybridized carbons (Fsp3) is 0.400. The van der Waals surface area contributed by atoms with Gasteiger partial charge in [-0.15, -0.1) is 11.8 Å². The average molecular weight is 421 g/mol. The Hall–Kier alpha value is -2.12. The number of imide groups is 1. The molecule has 2 heterocycles. The zero-order valence-corrected chi connectivity index (χ0v) is 17.6. The van der Waals surface area contributed by atoms with Gasteiger partial charge in [0.15, 0.2) is 11.8 Å². The van der Waals surface area contributed by atoms with Crippen molar-refractivity contribution >= 4 is 52.6 Å². The van der Waals surface area contributed by atoms with Crippen LogP contribution in [0.4, 0.5) is 10.5 Å². The Morgan fingerprint density at radius 2 is 2.11 bits per heavy atom. The van der Waals surface area contributed by atoms with Crippen LogP contribution in [-0.2, 0) is 9.59 Å². The van der Waals surface area contributed by atoms with Crippen molar-refractivity contribution in [3.05, 3.63) is 40.3 Å². The van der Waals surface area contributed by atoms with E-state index in [-0.39, 0.29) is 18.4 Å². The predicted molar refractivity (Wildman–Crippen MR) is 112 cm³/mol. The second-order valence-electron chi connectivity index (χ2n) is 7.32. The highest BCUT2D eigenvalue weighted by molar-refractivity contribution is 8.04. The summed E-state index contributed by atoms with van der Waals surface area (Å²) in [6.07, 6.45) is 2.45. The summed E-state index contributed by atoms with van der Waals surface area (Å²) < 4.78 is 1.39. The van der Waals surface area contributed by atoms with Crippen molar-refractivity contribution in [2.75, 3.05) is 18.4 Å². The Labute approximate surface area is 173 Å². The summed E-state index contributed by atoms with van der Waals surface area (Å²) in [5.41, 5.74) is 2.04. The molecule has 3 rings (SSSR count). The number of hydrogen-bond donors (Lipinski definition) is 1. The average Bonchev–Trinajstić information content (AvgIpc) is 3.10. The van der Waals surface area contributed by atoms with Crippen molar-refractivity contribution in [2.45, 2.75) is 32.4 Å². The summed E-state index contributed by atoms with van der Waals surface area (Å²) in [4.78, 5) is 39.5. The van der Waals surface area contributed by atoms with Crippen LogP contribution >= 0.6 is 23.4 Å². The molecule has 0 radical (unpaired) electrons. The minimum absolute atomic E-state index is 0.175. The molecule has 0 saturated heterocycles. The normalized spacial score (nSPS) is 18.9. The molecule has 6 nitrogen and oxygen atoms in total. The van der Waals surface area contributed by atoms with E-state index in [2.05, 4.69) is 5.32 Å². The molecule has 1 aromatic carbocycles. The van der Waals surface area contributed by atoms with Gasteiger partial charge in [-0.1, -0.05) is 31.5 Å². The number of urea groups is 1. The van der Waals surface area contributed by atoms with Gasteiger partial charge in [0, 0.05) is 0 Å². The lowest BCUT2D eigenvalue weighted by Gasteiger charge is -2.24. The maximum Gasteiger partial charge on any atom is 0.501 e. The molecule has 4 amide bonds. The van der Waals surface area contributed by atoms with Gasteiger partial charge in [0.25, 0.3) is 5.91 Å². The van der Waals surface area contributed by atoms with Crippen molar-refractivity contribution in [3.8, 4) is 0 Å². The third-order valence-electron chi connectivity index (χ3n) is 4.62. The van der Waals surface area contributed by atoms with Crippen LogP contribution in [0.1, 0.15) is 25.8 Å².